The van der Waals surface area contributed by atoms with E-state index in [2.05, 4.69) is 4.98 Å². The maximum atomic E-state index is 12.9. The van der Waals surface area contributed by atoms with Crippen LogP contribution in [0.25, 0.3) is 22.0 Å². The molecular formula is C28H26Cl2N3O6P. The normalized spacial score (nSPS) is 13.9. The zero-order valence-corrected chi connectivity index (χ0v) is 24.0. The van der Waals surface area contributed by atoms with Gasteiger partial charge in [-0.1, -0.05) is 0 Å². The first-order chi connectivity index (χ1) is 19.0. The van der Waals surface area contributed by atoms with Gasteiger partial charge in [-0.15, -0.1) is 0 Å². The van der Waals surface area contributed by atoms with Crippen LogP contribution in [0.2, 0.25) is 10.0 Å². The summed E-state index contributed by atoms with van der Waals surface area (Å²) in [6, 6.07) is 21.3. The van der Waals surface area contributed by atoms with Crippen LogP contribution in [-0.4, -0.2) is 35.6 Å². The number of fused-ring (bicyclic) bond motifs is 1. The molecule has 0 aliphatic heterocycles. The van der Waals surface area contributed by atoms with Crippen molar-refractivity contribution in [1.82, 2.24) is 14.1 Å². The summed E-state index contributed by atoms with van der Waals surface area (Å²) in [5.74, 6) is 0. The number of aromatic nitrogens is 3. The zero-order chi connectivity index (χ0) is 28.7. The second-order valence-electron chi connectivity index (χ2n) is 9.26. The number of pyridine rings is 1. The molecule has 0 saturated heterocycles. The molecule has 9 nitrogen and oxygen atoms in total. The average molecular weight is 602 g/mol. The van der Waals surface area contributed by atoms with Crippen molar-refractivity contribution in [3.63, 3.8) is 0 Å². The van der Waals surface area contributed by atoms with Crippen molar-refractivity contribution in [1.29, 1.82) is 0 Å². The molecule has 40 heavy (non-hydrogen) atoms. The molecule has 0 amide bonds. The van der Waals surface area contributed by atoms with Crippen LogP contribution in [0.4, 0.5) is 0 Å². The van der Waals surface area contributed by atoms with Crippen molar-refractivity contribution in [2.45, 2.75) is 5.60 Å². The summed E-state index contributed by atoms with van der Waals surface area (Å²) in [6.45, 7) is -0.671. The van der Waals surface area contributed by atoms with Gasteiger partial charge in [0.1, 0.15) is 0 Å². The summed E-state index contributed by atoms with van der Waals surface area (Å²) in [7, 11) is -1.41. The number of aryl methyl sites for hydroxylation is 2. The Labute approximate surface area is 240 Å². The second kappa shape index (κ2) is 11.0. The van der Waals surface area contributed by atoms with E-state index in [0.717, 1.165) is 10.9 Å². The van der Waals surface area contributed by atoms with E-state index in [4.69, 9.17) is 32.5 Å². The molecule has 208 valence electrons. The molecule has 0 bridgehead atoms. The van der Waals surface area contributed by atoms with E-state index in [0.29, 0.717) is 37.9 Å². The fourth-order valence-corrected chi connectivity index (χ4v) is 5.39. The molecule has 2 aromatic heterocycles. The van der Waals surface area contributed by atoms with E-state index < -0.39 is 20.6 Å². The fourth-order valence-electron chi connectivity index (χ4n) is 4.86. The van der Waals surface area contributed by atoms with E-state index in [1.54, 1.807) is 78.2 Å². The fraction of sp³-hybridized carbons (Fsp3) is 0.143. The van der Waals surface area contributed by atoms with Crippen molar-refractivity contribution in [2.75, 3.05) is 6.79 Å². The Bertz CT molecular complexity index is 1750. The van der Waals surface area contributed by atoms with Gasteiger partial charge in [0.25, 0.3) is 0 Å². The molecule has 5 aromatic rings. The van der Waals surface area contributed by atoms with Gasteiger partial charge in [-0.3, -0.25) is 0 Å². The van der Waals surface area contributed by atoms with Gasteiger partial charge >= 0.3 is 240 Å². The molecule has 0 unspecified atom stereocenters. The number of nitrogens with zero attached hydrogens (tertiary/aromatic N) is 3. The molecule has 0 aliphatic carbocycles. The average Bonchev–Trinajstić information content (AvgIpc) is 3.34. The minimum absolute atomic E-state index is 0.189. The first-order valence-electron chi connectivity index (χ1n) is 12.1. The van der Waals surface area contributed by atoms with Crippen LogP contribution >= 0.6 is 31.4 Å². The Morgan fingerprint density at radius 2 is 1.65 bits per heavy atom. The summed E-state index contributed by atoms with van der Waals surface area (Å²) in [5.41, 5.74) is 2.29. The van der Waals surface area contributed by atoms with Crippen molar-refractivity contribution in [2.24, 2.45) is 14.1 Å². The van der Waals surface area contributed by atoms with Crippen molar-refractivity contribution >= 4 is 42.3 Å². The molecule has 1 atom stereocenters. The van der Waals surface area contributed by atoms with Crippen LogP contribution in [-0.2, 0) is 29.0 Å². The third-order valence-electron chi connectivity index (χ3n) is 6.74. The molecule has 3 aromatic carbocycles. The number of benzene rings is 3. The predicted octanol–water partition coefficient (Wildman–Crippen LogP) is 4.92. The minimum atomic E-state index is -4.90. The van der Waals surface area contributed by atoms with Gasteiger partial charge in [-0.25, -0.2) is 0 Å². The summed E-state index contributed by atoms with van der Waals surface area (Å²) in [6.07, 6.45) is 3.23. The number of halogens is 2. The number of hydrogen-bond acceptors (Lipinski definition) is 7. The monoisotopic (exact) mass is 601 g/mol. The Balaban J connectivity index is 1.83. The molecule has 5 rings (SSSR count). The molecule has 0 saturated carbocycles. The van der Waals surface area contributed by atoms with Crippen LogP contribution in [0, 0.1) is 0 Å². The van der Waals surface area contributed by atoms with E-state index in [1.807, 2.05) is 30.3 Å². The Hall–Kier alpha value is -3.11. The third-order valence-corrected chi connectivity index (χ3v) is 7.74. The topological polar surface area (TPSA) is 119 Å². The Morgan fingerprint density at radius 1 is 0.925 bits per heavy atom. The van der Waals surface area contributed by atoms with Crippen LogP contribution in [0.5, 0.6) is 0 Å². The van der Waals surface area contributed by atoms with Gasteiger partial charge in [-0.2, -0.15) is 0 Å². The van der Waals surface area contributed by atoms with Crippen LogP contribution < -0.4 is 5.56 Å². The molecule has 0 spiro atoms. The molecule has 3 N–H and O–H groups in total. The number of rotatable bonds is 8. The molecule has 12 heteroatoms. The second-order valence-corrected chi connectivity index (χ2v) is 11.6. The Kier molecular flexibility index (Phi) is 7.85. The molecule has 0 fully saturated rings. The van der Waals surface area contributed by atoms with E-state index in [9.17, 15) is 19.5 Å². The zero-order valence-electron chi connectivity index (χ0n) is 21.5. The summed E-state index contributed by atoms with van der Waals surface area (Å²) in [5, 5.41) is 1.77. The van der Waals surface area contributed by atoms with E-state index in [1.165, 1.54) is 0 Å². The number of ether oxygens (including phenoxy) is 1. The van der Waals surface area contributed by atoms with Crippen LogP contribution in [0.1, 0.15) is 16.8 Å². The first-order valence-corrected chi connectivity index (χ1v) is 14.6. The van der Waals surface area contributed by atoms with E-state index in [-0.39, 0.29) is 5.56 Å². The molecule has 2 heterocycles. The summed E-state index contributed by atoms with van der Waals surface area (Å²) < 4.78 is 14.5. The van der Waals surface area contributed by atoms with Gasteiger partial charge in [0.2, 0.25) is 0 Å². The number of imidazole rings is 1. The quantitative estimate of drug-likeness (QED) is 0.171. The molecule has 0 radical (unpaired) electrons. The van der Waals surface area contributed by atoms with Gasteiger partial charge < -0.3 is 0 Å². The van der Waals surface area contributed by atoms with Crippen molar-refractivity contribution in [3.05, 3.63) is 123 Å². The molecular weight excluding hydrogens is 576 g/mol. The maximum absolute atomic E-state index is 12.9. The van der Waals surface area contributed by atoms with Gasteiger partial charge in [0, 0.05) is 0 Å². The Morgan fingerprint density at radius 3 is 2.30 bits per heavy atom. The predicted molar refractivity (Wildman–Crippen MR) is 156 cm³/mol. The standard InChI is InChI=1S/C28H26Cl2N3O6P/c1-32-16-31-15-26(32)28(38-17-39-40(35,36)37,19-6-9-21(29)10-7-19)20-8-11-25-24(13-20)23(14-27(34)33(25)2)18-4-3-5-22(30)12-18/h3-16,35-37,40H,17H2,1-2H3/t28-/m1/s1. The molecule has 0 aliphatic rings. The van der Waals surface area contributed by atoms with Crippen molar-refractivity contribution < 1.29 is 23.9 Å². The van der Waals surface area contributed by atoms with Crippen LogP contribution in [0.3, 0.4) is 0 Å². The summed E-state index contributed by atoms with van der Waals surface area (Å²) >= 11 is 12.5. The number of hydrogen-bond donors (Lipinski definition) is 3. The van der Waals surface area contributed by atoms with Gasteiger partial charge in [-0.05, 0) is 0 Å². The summed E-state index contributed by atoms with van der Waals surface area (Å²) in [4.78, 5) is 45.8. The van der Waals surface area contributed by atoms with Gasteiger partial charge in [0.05, 0.1) is 0 Å². The van der Waals surface area contributed by atoms with E-state index >= 15 is 0 Å². The van der Waals surface area contributed by atoms with Crippen molar-refractivity contribution in [3.8, 4) is 11.1 Å². The SMILES string of the molecule is Cn1cncc1[C@@](OCO[PH](O)(O)O)(c1ccc(Cl)cc1)c1ccc2c(c1)c(-c1cccc(Cl)c1)cc(=O)n2C. The third kappa shape index (κ3) is 5.43. The van der Waals surface area contributed by atoms with Gasteiger partial charge in [0.15, 0.2) is 0 Å². The first kappa shape index (κ1) is 28.4. The van der Waals surface area contributed by atoms with Crippen LogP contribution in [0.15, 0.2) is 90.1 Å².